The van der Waals surface area contributed by atoms with Gasteiger partial charge in [0.15, 0.2) is 5.71 Å². The maximum Gasteiger partial charge on any atom is 0.209 e. The number of hydrogen-bond donors (Lipinski definition) is 0. The molecule has 3 rings (SSSR count). The molecular formula is C24H31ClN2O4V. The van der Waals surface area contributed by atoms with Crippen molar-refractivity contribution in [3.8, 4) is 0 Å². The monoisotopic (exact) mass is 497 g/mol. The zero-order chi connectivity index (χ0) is 23.2. The fourth-order valence-corrected chi connectivity index (χ4v) is 3.76. The summed E-state index contributed by atoms with van der Waals surface area (Å²) in [6.07, 6.45) is 6.99. The van der Waals surface area contributed by atoms with E-state index in [1.807, 2.05) is 0 Å². The van der Waals surface area contributed by atoms with Crippen LogP contribution in [0.25, 0.3) is 6.08 Å². The van der Waals surface area contributed by atoms with Crippen molar-refractivity contribution in [1.82, 2.24) is 0 Å². The van der Waals surface area contributed by atoms with Crippen molar-refractivity contribution in [2.75, 3.05) is 25.5 Å². The van der Waals surface area contributed by atoms with Crippen LogP contribution in [-0.2, 0) is 24.0 Å². The molecule has 0 atom stereocenters. The number of para-hydroxylation sites is 1. The van der Waals surface area contributed by atoms with Crippen LogP contribution in [0.4, 0.5) is 11.4 Å². The van der Waals surface area contributed by atoms with Gasteiger partial charge in [0, 0.05) is 62.5 Å². The van der Waals surface area contributed by atoms with Crippen molar-refractivity contribution in [3.05, 3.63) is 65.7 Å². The van der Waals surface area contributed by atoms with E-state index in [1.54, 1.807) is 0 Å². The molecule has 2 aromatic rings. The molecule has 0 N–H and O–H groups in total. The van der Waals surface area contributed by atoms with Gasteiger partial charge in [0.05, 0.1) is 5.41 Å². The summed E-state index contributed by atoms with van der Waals surface area (Å²) in [7, 11) is -0.796. The minimum Gasteiger partial charge on any atom is -0.378 e. The van der Waals surface area contributed by atoms with E-state index in [0.29, 0.717) is 0 Å². The molecule has 173 valence electrons. The average molecular weight is 498 g/mol. The minimum absolute atomic E-state index is 0. The minimum atomic E-state index is -4.94. The quantitative estimate of drug-likeness (QED) is 0.552. The van der Waals surface area contributed by atoms with Crippen molar-refractivity contribution in [3.63, 3.8) is 0 Å². The van der Waals surface area contributed by atoms with Gasteiger partial charge in [-0.1, -0.05) is 43.7 Å². The summed E-state index contributed by atoms with van der Waals surface area (Å²) in [5.41, 5.74) is 6.69. The maximum atomic E-state index is 8.49. The molecule has 0 bridgehead atoms. The van der Waals surface area contributed by atoms with Crippen LogP contribution in [0.5, 0.6) is 0 Å². The molecule has 1 radical (unpaired) electrons. The number of hydrogen-bond acceptors (Lipinski definition) is 5. The van der Waals surface area contributed by atoms with Crippen LogP contribution < -0.4 is 23.5 Å². The number of halogens is 1. The van der Waals surface area contributed by atoms with Gasteiger partial charge in [-0.15, -0.1) is 10.2 Å². The summed E-state index contributed by atoms with van der Waals surface area (Å²) in [6.45, 7) is 8.02. The topological polar surface area (TPSA) is 98.5 Å². The second kappa shape index (κ2) is 12.0. The SMILES string of the molecule is CCCC[N+]1=C(C=Cc2ccc(N(C)C)cc2)C(C)(C)c2ccccc21.[O-][Cl+3]([O-])([O-])[O-].[V]. The zero-order valence-corrected chi connectivity index (χ0v) is 21.4. The van der Waals surface area contributed by atoms with Crippen LogP contribution in [0.15, 0.2) is 54.6 Å². The Kier molecular flexibility index (Phi) is 10.7. The van der Waals surface area contributed by atoms with Gasteiger partial charge in [0.2, 0.25) is 5.69 Å². The van der Waals surface area contributed by atoms with E-state index in [0.717, 1.165) is 6.54 Å². The Bertz CT molecular complexity index is 930. The third-order valence-corrected chi connectivity index (χ3v) is 5.38. The van der Waals surface area contributed by atoms with Crippen LogP contribution in [0.2, 0.25) is 0 Å². The van der Waals surface area contributed by atoms with E-state index in [1.165, 1.54) is 41.1 Å². The predicted molar refractivity (Wildman–Crippen MR) is 114 cm³/mol. The van der Waals surface area contributed by atoms with E-state index < -0.39 is 10.2 Å². The first-order valence-electron chi connectivity index (χ1n) is 10.3. The molecule has 0 aromatic heterocycles. The Morgan fingerprint density at radius 3 is 2.03 bits per heavy atom. The van der Waals surface area contributed by atoms with Gasteiger partial charge in [-0.05, 0) is 37.6 Å². The summed E-state index contributed by atoms with van der Waals surface area (Å²) in [5, 5.41) is 0. The molecule has 0 saturated heterocycles. The molecule has 1 aliphatic heterocycles. The van der Waals surface area contributed by atoms with Crippen LogP contribution in [0, 0.1) is 10.2 Å². The van der Waals surface area contributed by atoms with Gasteiger partial charge < -0.3 is 4.90 Å². The molecule has 0 unspecified atom stereocenters. The summed E-state index contributed by atoms with van der Waals surface area (Å²) >= 11 is 0. The number of anilines is 1. The Morgan fingerprint density at radius 2 is 1.50 bits per heavy atom. The first-order valence-corrected chi connectivity index (χ1v) is 11.5. The number of rotatable bonds is 6. The summed E-state index contributed by atoms with van der Waals surface area (Å²) < 4.78 is 36.5. The second-order valence-electron chi connectivity index (χ2n) is 8.23. The van der Waals surface area contributed by atoms with Gasteiger partial charge in [-0.3, -0.25) is 0 Å². The standard InChI is InChI=1S/C24H31N2.ClHO4.V/c1-6-7-18-26-22-11-9-8-10-21(22)24(2,3)23(26)17-14-19-12-15-20(16-13-19)25(4)5;2-1(3,4)5;/h8-17H,6-7,18H2,1-5H3;(H,2,3,4,5);/q+1;;/p-1. The van der Waals surface area contributed by atoms with Gasteiger partial charge in [0.25, 0.3) is 0 Å². The largest absolute Gasteiger partial charge is 0.378 e. The zero-order valence-electron chi connectivity index (χ0n) is 19.2. The molecule has 6 nitrogen and oxygen atoms in total. The number of benzene rings is 2. The Balaban J connectivity index is 0.000000770. The molecule has 0 fully saturated rings. The molecule has 0 aliphatic carbocycles. The van der Waals surface area contributed by atoms with Crippen molar-refractivity contribution >= 4 is 23.2 Å². The normalized spacial score (nSPS) is 14.5. The number of fused-ring (bicyclic) bond motifs is 1. The molecule has 8 heteroatoms. The Morgan fingerprint density at radius 1 is 0.938 bits per heavy atom. The molecule has 32 heavy (non-hydrogen) atoms. The summed E-state index contributed by atoms with van der Waals surface area (Å²) in [6, 6.07) is 17.6. The van der Waals surface area contributed by atoms with Gasteiger partial charge in [-0.2, -0.15) is 4.58 Å². The van der Waals surface area contributed by atoms with Crippen molar-refractivity contribution in [2.24, 2.45) is 0 Å². The predicted octanol–water partition coefficient (Wildman–Crippen LogP) is 0.884. The van der Waals surface area contributed by atoms with Crippen LogP contribution >= 0.6 is 0 Å². The molecule has 0 saturated carbocycles. The van der Waals surface area contributed by atoms with Crippen LogP contribution in [-0.4, -0.2) is 30.9 Å². The number of unbranched alkanes of at least 4 members (excludes halogenated alkanes) is 1. The average Bonchev–Trinajstić information content (AvgIpc) is 2.90. The third-order valence-electron chi connectivity index (χ3n) is 5.38. The third kappa shape index (κ3) is 7.75. The van der Waals surface area contributed by atoms with E-state index >= 15 is 0 Å². The maximum absolute atomic E-state index is 8.49. The van der Waals surface area contributed by atoms with E-state index in [2.05, 4.69) is 105 Å². The molecule has 1 aliphatic rings. The molecule has 1 heterocycles. The van der Waals surface area contributed by atoms with E-state index in [4.69, 9.17) is 18.6 Å². The fraction of sp³-hybridized carbons (Fsp3) is 0.375. The molecular weight excluding hydrogens is 467 g/mol. The van der Waals surface area contributed by atoms with Crippen LogP contribution in [0.3, 0.4) is 0 Å². The van der Waals surface area contributed by atoms with Crippen LogP contribution in [0.1, 0.15) is 44.7 Å². The Hall–Kier alpha value is -1.64. The number of nitrogens with zero attached hydrogens (tertiary/aromatic N) is 2. The number of allylic oxidation sites excluding steroid dienone is 1. The summed E-state index contributed by atoms with van der Waals surface area (Å²) in [4.78, 5) is 2.13. The molecule has 0 amide bonds. The van der Waals surface area contributed by atoms with E-state index in [-0.39, 0.29) is 24.0 Å². The summed E-state index contributed by atoms with van der Waals surface area (Å²) in [5.74, 6) is 0. The first kappa shape index (κ1) is 28.4. The van der Waals surface area contributed by atoms with Crippen molar-refractivity contribution in [2.45, 2.75) is 39.0 Å². The van der Waals surface area contributed by atoms with Crippen molar-refractivity contribution in [1.29, 1.82) is 0 Å². The van der Waals surface area contributed by atoms with Gasteiger partial charge in [0.1, 0.15) is 6.54 Å². The molecule has 2 aromatic carbocycles. The van der Waals surface area contributed by atoms with Gasteiger partial charge >= 0.3 is 0 Å². The van der Waals surface area contributed by atoms with E-state index in [9.17, 15) is 0 Å². The first-order chi connectivity index (χ1) is 14.4. The van der Waals surface area contributed by atoms with Gasteiger partial charge in [-0.25, -0.2) is 18.6 Å². The molecule has 0 spiro atoms. The second-order valence-corrected chi connectivity index (χ2v) is 8.99. The van der Waals surface area contributed by atoms with Crippen molar-refractivity contribution < 1.29 is 52.0 Å². The fourth-order valence-electron chi connectivity index (χ4n) is 3.76. The smallest absolute Gasteiger partial charge is 0.209 e. The Labute approximate surface area is 205 Å².